The van der Waals surface area contributed by atoms with Crippen molar-refractivity contribution in [2.75, 3.05) is 27.3 Å². The highest BCUT2D eigenvalue weighted by molar-refractivity contribution is 5.95. The molecular weight excluding hydrogens is 200 g/mol. The molecule has 0 fully saturated rings. The number of methoxy groups -OCH3 is 1. The van der Waals surface area contributed by atoms with Crippen LogP contribution < -0.4 is 22.1 Å². The largest absolute Gasteiger partial charge is 0.391 e. The molecule has 0 radical (unpaired) electrons. The standard InChI is InChI=1S/C8H16N4O3/c1-11-7(10)6(9)8(14)12-3-5(13)4-15-2/h11H,3-4,9-10H2,1-2H3,(H,12,14)/b7-6+. The van der Waals surface area contributed by atoms with Crippen molar-refractivity contribution in [1.29, 1.82) is 0 Å². The van der Waals surface area contributed by atoms with E-state index in [0.29, 0.717) is 0 Å². The summed E-state index contributed by atoms with van der Waals surface area (Å²) >= 11 is 0. The van der Waals surface area contributed by atoms with Crippen molar-refractivity contribution in [3.63, 3.8) is 0 Å². The third-order valence-corrected chi connectivity index (χ3v) is 1.56. The normalized spacial score (nSPS) is 11.6. The fraction of sp³-hybridized carbons (Fsp3) is 0.500. The molecule has 0 aliphatic carbocycles. The van der Waals surface area contributed by atoms with Gasteiger partial charge < -0.3 is 26.8 Å². The lowest BCUT2D eigenvalue weighted by atomic mass is 10.3. The Bertz CT molecular complexity index is 275. The summed E-state index contributed by atoms with van der Waals surface area (Å²) in [5.74, 6) is -0.778. The number of ketones is 1. The Morgan fingerprint density at radius 1 is 1.33 bits per heavy atom. The molecule has 0 aromatic rings. The maximum atomic E-state index is 11.2. The summed E-state index contributed by atoms with van der Waals surface area (Å²) in [4.78, 5) is 22.2. The van der Waals surface area contributed by atoms with Gasteiger partial charge in [-0.15, -0.1) is 0 Å². The molecule has 0 bridgehead atoms. The Kier molecular flexibility index (Phi) is 5.88. The first-order valence-corrected chi connectivity index (χ1v) is 4.24. The summed E-state index contributed by atoms with van der Waals surface area (Å²) in [5.41, 5.74) is 10.6. The molecule has 0 heterocycles. The fourth-order valence-corrected chi connectivity index (χ4v) is 0.743. The van der Waals surface area contributed by atoms with Crippen LogP contribution in [0.15, 0.2) is 11.5 Å². The van der Waals surface area contributed by atoms with E-state index in [1.54, 1.807) is 0 Å². The van der Waals surface area contributed by atoms with Crippen LogP contribution in [0.25, 0.3) is 0 Å². The number of Topliss-reactive ketones (excluding diaryl/α,β-unsaturated/α-hetero) is 1. The van der Waals surface area contributed by atoms with Gasteiger partial charge in [0.15, 0.2) is 5.78 Å². The number of ether oxygens (including phenoxy) is 1. The quantitative estimate of drug-likeness (QED) is 0.368. The van der Waals surface area contributed by atoms with Crippen molar-refractivity contribution in [3.8, 4) is 0 Å². The van der Waals surface area contributed by atoms with Gasteiger partial charge in [-0.05, 0) is 0 Å². The molecule has 0 atom stereocenters. The lowest BCUT2D eigenvalue weighted by Gasteiger charge is -2.07. The van der Waals surface area contributed by atoms with Gasteiger partial charge in [-0.25, -0.2) is 0 Å². The third kappa shape index (κ3) is 4.87. The molecule has 0 spiro atoms. The van der Waals surface area contributed by atoms with Crippen LogP contribution in [0.3, 0.4) is 0 Å². The zero-order valence-corrected chi connectivity index (χ0v) is 8.79. The first-order chi connectivity index (χ1) is 7.02. The van der Waals surface area contributed by atoms with Gasteiger partial charge in [0, 0.05) is 14.2 Å². The van der Waals surface area contributed by atoms with Crippen LogP contribution in [0.2, 0.25) is 0 Å². The van der Waals surface area contributed by atoms with Gasteiger partial charge >= 0.3 is 0 Å². The van der Waals surface area contributed by atoms with Gasteiger partial charge in [0.05, 0.1) is 6.54 Å². The van der Waals surface area contributed by atoms with Crippen molar-refractivity contribution in [2.45, 2.75) is 0 Å². The maximum absolute atomic E-state index is 11.2. The SMILES string of the molecule is CN/C(N)=C(/N)C(=O)NCC(=O)COC. The van der Waals surface area contributed by atoms with E-state index in [-0.39, 0.29) is 30.5 Å². The van der Waals surface area contributed by atoms with Gasteiger partial charge in [-0.2, -0.15) is 0 Å². The fourth-order valence-electron chi connectivity index (χ4n) is 0.743. The van der Waals surface area contributed by atoms with E-state index in [4.69, 9.17) is 11.5 Å². The van der Waals surface area contributed by atoms with E-state index in [2.05, 4.69) is 15.4 Å². The summed E-state index contributed by atoms with van der Waals surface area (Å²) in [6, 6.07) is 0. The second-order valence-corrected chi connectivity index (χ2v) is 2.73. The molecule has 7 nitrogen and oxygen atoms in total. The number of hydrogen-bond donors (Lipinski definition) is 4. The average molecular weight is 216 g/mol. The predicted molar refractivity (Wildman–Crippen MR) is 54.4 cm³/mol. The molecule has 0 aromatic carbocycles. The van der Waals surface area contributed by atoms with Gasteiger partial charge in [0.2, 0.25) is 0 Å². The summed E-state index contributed by atoms with van der Waals surface area (Å²) in [7, 11) is 2.93. The molecule has 1 amide bonds. The maximum Gasteiger partial charge on any atom is 0.271 e. The highest BCUT2D eigenvalue weighted by Gasteiger charge is 2.10. The van der Waals surface area contributed by atoms with Crippen LogP contribution in [0.1, 0.15) is 0 Å². The van der Waals surface area contributed by atoms with Crippen molar-refractivity contribution in [1.82, 2.24) is 10.6 Å². The number of hydrogen-bond acceptors (Lipinski definition) is 6. The Balaban J connectivity index is 4.10. The highest BCUT2D eigenvalue weighted by atomic mass is 16.5. The molecule has 15 heavy (non-hydrogen) atoms. The topological polar surface area (TPSA) is 119 Å². The summed E-state index contributed by atoms with van der Waals surface area (Å²) in [6.07, 6.45) is 0. The molecule has 0 unspecified atom stereocenters. The molecule has 0 aliphatic rings. The second kappa shape index (κ2) is 6.66. The lowest BCUT2D eigenvalue weighted by Crippen LogP contribution is -2.37. The van der Waals surface area contributed by atoms with Crippen LogP contribution in [-0.4, -0.2) is 39.0 Å². The number of nitrogens with two attached hydrogens (primary N) is 2. The number of carbonyl (C=O) groups is 2. The van der Waals surface area contributed by atoms with E-state index < -0.39 is 5.91 Å². The molecular formula is C8H16N4O3. The lowest BCUT2D eigenvalue weighted by molar-refractivity contribution is -0.125. The van der Waals surface area contributed by atoms with Crippen LogP contribution in [0, 0.1) is 0 Å². The monoisotopic (exact) mass is 216 g/mol. The molecule has 6 N–H and O–H groups in total. The van der Waals surface area contributed by atoms with Crippen LogP contribution in [0.4, 0.5) is 0 Å². The van der Waals surface area contributed by atoms with Gasteiger partial charge in [-0.3, -0.25) is 9.59 Å². The Labute approximate surface area is 87.8 Å². The molecule has 7 heteroatoms. The Morgan fingerprint density at radius 3 is 2.40 bits per heavy atom. The van der Waals surface area contributed by atoms with Crippen LogP contribution in [0.5, 0.6) is 0 Å². The zero-order valence-electron chi connectivity index (χ0n) is 8.79. The van der Waals surface area contributed by atoms with Crippen molar-refractivity contribution >= 4 is 11.7 Å². The van der Waals surface area contributed by atoms with E-state index >= 15 is 0 Å². The number of amides is 1. The smallest absolute Gasteiger partial charge is 0.271 e. The Hall–Kier alpha value is -1.76. The zero-order chi connectivity index (χ0) is 11.8. The van der Waals surface area contributed by atoms with Gasteiger partial charge in [0.25, 0.3) is 5.91 Å². The number of nitrogens with one attached hydrogen (secondary N) is 2. The first kappa shape index (κ1) is 13.2. The summed E-state index contributed by atoms with van der Waals surface area (Å²) < 4.78 is 4.58. The van der Waals surface area contributed by atoms with Crippen LogP contribution >= 0.6 is 0 Å². The Morgan fingerprint density at radius 2 is 1.93 bits per heavy atom. The second-order valence-electron chi connectivity index (χ2n) is 2.73. The summed E-state index contributed by atoms with van der Waals surface area (Å²) in [6.45, 7) is -0.185. The van der Waals surface area contributed by atoms with Crippen molar-refractivity contribution in [3.05, 3.63) is 11.5 Å². The minimum absolute atomic E-state index is 0.0502. The molecule has 0 aliphatic heterocycles. The van der Waals surface area contributed by atoms with E-state index in [9.17, 15) is 9.59 Å². The number of carbonyl (C=O) groups excluding carboxylic acids is 2. The van der Waals surface area contributed by atoms with Crippen molar-refractivity contribution < 1.29 is 14.3 Å². The average Bonchev–Trinajstić information content (AvgIpc) is 2.24. The van der Waals surface area contributed by atoms with Gasteiger partial charge in [0.1, 0.15) is 18.1 Å². The van der Waals surface area contributed by atoms with Crippen LogP contribution in [-0.2, 0) is 14.3 Å². The van der Waals surface area contributed by atoms with Gasteiger partial charge in [-0.1, -0.05) is 0 Å². The van der Waals surface area contributed by atoms with E-state index in [1.807, 2.05) is 0 Å². The third-order valence-electron chi connectivity index (χ3n) is 1.56. The van der Waals surface area contributed by atoms with E-state index in [0.717, 1.165) is 0 Å². The highest BCUT2D eigenvalue weighted by Crippen LogP contribution is 1.86. The first-order valence-electron chi connectivity index (χ1n) is 4.24. The minimum atomic E-state index is -0.591. The molecule has 0 aromatic heterocycles. The number of rotatable bonds is 6. The molecule has 0 saturated carbocycles. The molecule has 0 rings (SSSR count). The minimum Gasteiger partial charge on any atom is -0.391 e. The molecule has 86 valence electrons. The van der Waals surface area contributed by atoms with Crippen molar-refractivity contribution in [2.24, 2.45) is 11.5 Å². The van der Waals surface area contributed by atoms with E-state index in [1.165, 1.54) is 14.2 Å². The predicted octanol–water partition coefficient (Wildman–Crippen LogP) is -2.38. The summed E-state index contributed by atoms with van der Waals surface area (Å²) in [5, 5.41) is 4.83. The molecule has 0 saturated heterocycles.